The fourth-order valence-corrected chi connectivity index (χ4v) is 4.10. The second-order valence-electron chi connectivity index (χ2n) is 8.62. The molecule has 0 radical (unpaired) electrons. The molecular weight excluding hydrogens is 416 g/mol. The lowest BCUT2D eigenvalue weighted by molar-refractivity contribution is -0.120. The van der Waals surface area contributed by atoms with Crippen LogP contribution in [0.5, 0.6) is 0 Å². The van der Waals surface area contributed by atoms with Crippen LogP contribution < -0.4 is 16.0 Å². The fraction of sp³-hybridized carbons (Fsp3) is 0.545. The number of nitrogens with one attached hydrogen (secondary N) is 3. The van der Waals surface area contributed by atoms with Crippen LogP contribution in [0.4, 0.5) is 11.6 Å². The summed E-state index contributed by atoms with van der Waals surface area (Å²) in [7, 11) is 0. The number of hydrogen-bond acceptors (Lipinski definition) is 7. The van der Waals surface area contributed by atoms with Gasteiger partial charge in [0.1, 0.15) is 11.6 Å². The summed E-state index contributed by atoms with van der Waals surface area (Å²) in [4.78, 5) is 25.8. The number of carbonyl (C=O) groups excluding carboxylic acids is 1. The van der Waals surface area contributed by atoms with Crippen LogP contribution in [0.3, 0.4) is 0 Å². The fourth-order valence-electron chi connectivity index (χ4n) is 3.91. The summed E-state index contributed by atoms with van der Waals surface area (Å²) in [5.41, 5.74) is 0.818. The summed E-state index contributed by atoms with van der Waals surface area (Å²) in [6, 6.07) is 3.58. The van der Waals surface area contributed by atoms with Gasteiger partial charge in [-0.3, -0.25) is 4.79 Å². The van der Waals surface area contributed by atoms with Gasteiger partial charge in [0.05, 0.1) is 10.9 Å². The first-order valence-corrected chi connectivity index (χ1v) is 11.2. The van der Waals surface area contributed by atoms with Gasteiger partial charge in [0.2, 0.25) is 5.91 Å². The van der Waals surface area contributed by atoms with Crippen LogP contribution in [0, 0.1) is 11.3 Å². The summed E-state index contributed by atoms with van der Waals surface area (Å²) < 4.78 is 5.48. The summed E-state index contributed by atoms with van der Waals surface area (Å²) in [6.45, 7) is 6.32. The molecule has 166 valence electrons. The van der Waals surface area contributed by atoms with Crippen molar-refractivity contribution in [1.29, 1.82) is 0 Å². The predicted octanol–water partition coefficient (Wildman–Crippen LogP) is 3.36. The van der Waals surface area contributed by atoms with Crippen LogP contribution >= 0.6 is 11.6 Å². The highest BCUT2D eigenvalue weighted by Gasteiger charge is 2.27. The van der Waals surface area contributed by atoms with Gasteiger partial charge in [-0.2, -0.15) is 0 Å². The molecule has 0 spiro atoms. The van der Waals surface area contributed by atoms with Crippen molar-refractivity contribution in [3.8, 4) is 11.4 Å². The Labute approximate surface area is 187 Å². The minimum atomic E-state index is -0.0509. The number of carbonyl (C=O) groups is 1. The van der Waals surface area contributed by atoms with Crippen molar-refractivity contribution < 1.29 is 9.53 Å². The summed E-state index contributed by atoms with van der Waals surface area (Å²) in [6.07, 6.45) is 7.15. The third kappa shape index (κ3) is 5.70. The van der Waals surface area contributed by atoms with Crippen molar-refractivity contribution in [1.82, 2.24) is 20.3 Å². The molecule has 4 rings (SSSR count). The molecule has 9 heteroatoms. The number of halogens is 1. The van der Waals surface area contributed by atoms with E-state index in [0.29, 0.717) is 28.8 Å². The maximum Gasteiger partial charge on any atom is 0.229 e. The molecule has 2 aliphatic heterocycles. The lowest BCUT2D eigenvalue weighted by Crippen LogP contribution is -2.37. The van der Waals surface area contributed by atoms with Crippen LogP contribution in [-0.2, 0) is 9.53 Å². The lowest BCUT2D eigenvalue weighted by Gasteiger charge is -2.33. The van der Waals surface area contributed by atoms with Crippen molar-refractivity contribution in [3.05, 3.63) is 29.5 Å². The van der Waals surface area contributed by atoms with Crippen LogP contribution in [0.15, 0.2) is 24.5 Å². The molecule has 3 N–H and O–H groups in total. The van der Waals surface area contributed by atoms with Crippen LogP contribution in [0.1, 0.15) is 32.6 Å². The van der Waals surface area contributed by atoms with Gasteiger partial charge in [-0.1, -0.05) is 18.5 Å². The van der Waals surface area contributed by atoms with E-state index in [1.165, 1.54) is 6.20 Å². The molecule has 0 aromatic carbocycles. The summed E-state index contributed by atoms with van der Waals surface area (Å²) in [5, 5.41) is 10.0. The van der Waals surface area contributed by atoms with Crippen molar-refractivity contribution in [3.63, 3.8) is 0 Å². The van der Waals surface area contributed by atoms with E-state index >= 15 is 0 Å². The maximum atomic E-state index is 12.5. The Kier molecular flexibility index (Phi) is 6.99. The standard InChI is InChI=1S/C22H29ClN6O2/c1-22(5-9-31-10-6-22)14-27-18-4-8-25-20(28-18)16-11-19(26-13-17(16)23)29-21(30)15-3-2-7-24-12-15/h4,8,11,13,15,24H,2-3,5-7,9-10,12,14H2,1H3,(H,25,27,28)(H,26,29,30). The van der Waals surface area contributed by atoms with Crippen LogP contribution in [0.2, 0.25) is 5.02 Å². The molecule has 8 nitrogen and oxygen atoms in total. The first-order valence-electron chi connectivity index (χ1n) is 10.8. The molecule has 2 aromatic heterocycles. The second kappa shape index (κ2) is 9.89. The molecule has 31 heavy (non-hydrogen) atoms. The highest BCUT2D eigenvalue weighted by Crippen LogP contribution is 2.31. The van der Waals surface area contributed by atoms with Gasteiger partial charge >= 0.3 is 0 Å². The predicted molar refractivity (Wildman–Crippen MR) is 121 cm³/mol. The molecule has 4 heterocycles. The number of ether oxygens (including phenoxy) is 1. The van der Waals surface area contributed by atoms with Crippen molar-refractivity contribution in [2.24, 2.45) is 11.3 Å². The number of rotatable bonds is 6. The minimum absolute atomic E-state index is 0.0333. The van der Waals surface area contributed by atoms with E-state index in [1.807, 2.05) is 6.07 Å². The second-order valence-corrected chi connectivity index (χ2v) is 9.03. The molecule has 2 saturated heterocycles. The molecule has 1 amide bonds. The zero-order valence-electron chi connectivity index (χ0n) is 17.8. The normalized spacial score (nSPS) is 20.8. The molecule has 2 aliphatic rings. The van der Waals surface area contributed by atoms with Gasteiger partial charge in [0, 0.05) is 44.3 Å². The Morgan fingerprint density at radius 2 is 2.16 bits per heavy atom. The summed E-state index contributed by atoms with van der Waals surface area (Å²) in [5.74, 6) is 1.60. The molecule has 0 bridgehead atoms. The molecule has 0 saturated carbocycles. The number of anilines is 2. The van der Waals surface area contributed by atoms with Gasteiger partial charge in [-0.05, 0) is 49.8 Å². The Hall–Kier alpha value is -2.29. The first kappa shape index (κ1) is 21.9. The zero-order chi connectivity index (χ0) is 21.7. The number of hydrogen-bond donors (Lipinski definition) is 3. The van der Waals surface area contributed by atoms with Crippen molar-refractivity contribution >= 4 is 29.1 Å². The van der Waals surface area contributed by atoms with E-state index in [9.17, 15) is 4.79 Å². The lowest BCUT2D eigenvalue weighted by atomic mass is 9.82. The van der Waals surface area contributed by atoms with E-state index in [1.54, 1.807) is 12.3 Å². The quantitative estimate of drug-likeness (QED) is 0.627. The Morgan fingerprint density at radius 3 is 2.94 bits per heavy atom. The highest BCUT2D eigenvalue weighted by molar-refractivity contribution is 6.33. The Bertz CT molecular complexity index is 913. The van der Waals surface area contributed by atoms with Crippen LogP contribution in [-0.4, -0.2) is 53.7 Å². The first-order chi connectivity index (χ1) is 15.0. The van der Waals surface area contributed by atoms with Gasteiger partial charge in [-0.15, -0.1) is 0 Å². The third-order valence-corrected chi connectivity index (χ3v) is 6.37. The van der Waals surface area contributed by atoms with Crippen molar-refractivity contribution in [2.45, 2.75) is 32.6 Å². The van der Waals surface area contributed by atoms with Gasteiger partial charge in [0.15, 0.2) is 5.82 Å². The highest BCUT2D eigenvalue weighted by atomic mass is 35.5. The average Bonchev–Trinajstić information content (AvgIpc) is 2.80. The topological polar surface area (TPSA) is 101 Å². The number of aromatic nitrogens is 3. The monoisotopic (exact) mass is 444 g/mol. The number of amides is 1. The van der Waals surface area contributed by atoms with E-state index in [4.69, 9.17) is 16.3 Å². The minimum Gasteiger partial charge on any atom is -0.381 e. The Morgan fingerprint density at radius 1 is 1.32 bits per heavy atom. The zero-order valence-corrected chi connectivity index (χ0v) is 18.5. The molecule has 1 unspecified atom stereocenters. The molecular formula is C22H29ClN6O2. The van der Waals surface area contributed by atoms with Gasteiger partial charge < -0.3 is 20.7 Å². The molecule has 0 aliphatic carbocycles. The number of pyridine rings is 1. The van der Waals surface area contributed by atoms with Crippen molar-refractivity contribution in [2.75, 3.05) is 43.5 Å². The number of nitrogens with zero attached hydrogens (tertiary/aromatic N) is 3. The average molecular weight is 445 g/mol. The maximum absolute atomic E-state index is 12.5. The number of piperidine rings is 1. The van der Waals surface area contributed by atoms with Gasteiger partial charge in [0.25, 0.3) is 0 Å². The van der Waals surface area contributed by atoms with Gasteiger partial charge in [-0.25, -0.2) is 15.0 Å². The third-order valence-electron chi connectivity index (χ3n) is 6.07. The van der Waals surface area contributed by atoms with E-state index < -0.39 is 0 Å². The largest absolute Gasteiger partial charge is 0.381 e. The van der Waals surface area contributed by atoms with E-state index in [0.717, 1.165) is 57.8 Å². The SMILES string of the molecule is CC1(CNc2ccnc(-c3cc(NC(=O)C4CCCNC4)ncc3Cl)n2)CCOCC1. The Balaban J connectivity index is 1.46. The molecule has 2 fully saturated rings. The molecule has 1 atom stereocenters. The van der Waals surface area contributed by atoms with E-state index in [-0.39, 0.29) is 17.2 Å². The summed E-state index contributed by atoms with van der Waals surface area (Å²) >= 11 is 6.39. The van der Waals surface area contributed by atoms with Crippen LogP contribution in [0.25, 0.3) is 11.4 Å². The molecule has 2 aromatic rings. The van der Waals surface area contributed by atoms with E-state index in [2.05, 4.69) is 37.8 Å². The smallest absolute Gasteiger partial charge is 0.229 e.